The van der Waals surface area contributed by atoms with E-state index in [1.807, 2.05) is 0 Å². The summed E-state index contributed by atoms with van der Waals surface area (Å²) in [5, 5.41) is 3.50. The second-order valence-electron chi connectivity index (χ2n) is 6.58. The minimum Gasteiger partial charge on any atom is -0.373 e. The van der Waals surface area contributed by atoms with Crippen LogP contribution in [0.3, 0.4) is 0 Å². The Bertz CT molecular complexity index is 526. The van der Waals surface area contributed by atoms with Crippen molar-refractivity contribution >= 4 is 5.57 Å². The molecule has 1 aromatic carbocycles. The monoisotopic (exact) mass is 299 g/mol. The van der Waals surface area contributed by atoms with E-state index in [9.17, 15) is 0 Å². The van der Waals surface area contributed by atoms with Crippen LogP contribution in [0.1, 0.15) is 57.1 Å². The van der Waals surface area contributed by atoms with E-state index >= 15 is 0 Å². The molecule has 120 valence electrons. The van der Waals surface area contributed by atoms with Crippen molar-refractivity contribution in [3.05, 3.63) is 41.0 Å². The number of piperidine rings is 1. The van der Waals surface area contributed by atoms with Crippen molar-refractivity contribution in [2.24, 2.45) is 5.92 Å². The molecule has 1 N–H and O–H groups in total. The van der Waals surface area contributed by atoms with Crippen molar-refractivity contribution in [1.29, 1.82) is 0 Å². The van der Waals surface area contributed by atoms with E-state index in [4.69, 9.17) is 4.74 Å². The standard InChI is InChI=1S/C20H29NO/c1-3-7-18-19(4-2)22-14-16-8-5-6-9-17(16)20(18)15-10-12-21-13-11-15/h5-6,8-9,18-19,21H,3-4,7,10-14H2,1-2H3. The number of hydrogen-bond acceptors (Lipinski definition) is 2. The summed E-state index contributed by atoms with van der Waals surface area (Å²) in [5.41, 5.74) is 6.14. The van der Waals surface area contributed by atoms with Gasteiger partial charge in [0.15, 0.2) is 0 Å². The second-order valence-corrected chi connectivity index (χ2v) is 6.58. The molecule has 22 heavy (non-hydrogen) atoms. The summed E-state index contributed by atoms with van der Waals surface area (Å²) in [6, 6.07) is 8.91. The van der Waals surface area contributed by atoms with Crippen LogP contribution in [0.25, 0.3) is 5.57 Å². The summed E-state index contributed by atoms with van der Waals surface area (Å²) in [5.74, 6) is 0.562. The predicted molar refractivity (Wildman–Crippen MR) is 92.7 cm³/mol. The van der Waals surface area contributed by atoms with E-state index in [-0.39, 0.29) is 0 Å². The Morgan fingerprint density at radius 2 is 1.91 bits per heavy atom. The fraction of sp³-hybridized carbons (Fsp3) is 0.600. The predicted octanol–water partition coefficient (Wildman–Crippen LogP) is 4.55. The minimum atomic E-state index is 0.365. The maximum atomic E-state index is 6.32. The normalized spacial score (nSPS) is 25.7. The van der Waals surface area contributed by atoms with E-state index in [2.05, 4.69) is 43.4 Å². The van der Waals surface area contributed by atoms with Crippen molar-refractivity contribution in [3.8, 4) is 0 Å². The maximum Gasteiger partial charge on any atom is 0.0726 e. The average molecular weight is 299 g/mol. The lowest BCUT2D eigenvalue weighted by molar-refractivity contribution is 0.0152. The molecule has 2 unspecified atom stereocenters. The molecule has 0 bridgehead atoms. The first-order valence-electron chi connectivity index (χ1n) is 8.97. The van der Waals surface area contributed by atoms with Crippen LogP contribution in [-0.2, 0) is 11.3 Å². The highest BCUT2D eigenvalue weighted by molar-refractivity contribution is 5.74. The SMILES string of the molecule is CCCC1C(=C2CCNCC2)c2ccccc2COC1CC. The highest BCUT2D eigenvalue weighted by Crippen LogP contribution is 2.41. The average Bonchev–Trinajstić information content (AvgIpc) is 2.73. The number of rotatable bonds is 3. The Labute approximate surface area is 135 Å². The molecule has 1 saturated heterocycles. The molecule has 0 aromatic heterocycles. The Morgan fingerprint density at radius 3 is 2.64 bits per heavy atom. The van der Waals surface area contributed by atoms with E-state index in [1.165, 1.54) is 36.8 Å². The summed E-state index contributed by atoms with van der Waals surface area (Å²) in [6.07, 6.45) is 6.32. The largest absolute Gasteiger partial charge is 0.373 e. The van der Waals surface area contributed by atoms with Crippen LogP contribution in [-0.4, -0.2) is 19.2 Å². The van der Waals surface area contributed by atoms with E-state index in [1.54, 1.807) is 11.1 Å². The van der Waals surface area contributed by atoms with Gasteiger partial charge in [-0.1, -0.05) is 50.1 Å². The molecule has 2 nitrogen and oxygen atoms in total. The van der Waals surface area contributed by atoms with Crippen LogP contribution in [0.4, 0.5) is 0 Å². The molecule has 2 aliphatic rings. The molecule has 2 heteroatoms. The summed E-state index contributed by atoms with van der Waals surface area (Å²) >= 11 is 0. The molecular formula is C20H29NO. The van der Waals surface area contributed by atoms with Crippen LogP contribution >= 0.6 is 0 Å². The molecule has 1 fully saturated rings. The van der Waals surface area contributed by atoms with Crippen LogP contribution in [0.2, 0.25) is 0 Å². The van der Waals surface area contributed by atoms with Gasteiger partial charge in [0, 0.05) is 5.92 Å². The smallest absolute Gasteiger partial charge is 0.0726 e. The first kappa shape index (κ1) is 15.8. The van der Waals surface area contributed by atoms with Crippen molar-refractivity contribution in [3.63, 3.8) is 0 Å². The summed E-state index contributed by atoms with van der Waals surface area (Å²) in [7, 11) is 0. The number of hydrogen-bond donors (Lipinski definition) is 1. The Kier molecular flexibility index (Phi) is 5.32. The third-order valence-corrected chi connectivity index (χ3v) is 5.17. The fourth-order valence-corrected chi connectivity index (χ4v) is 4.10. The van der Waals surface area contributed by atoms with Crippen molar-refractivity contribution in [2.45, 2.75) is 58.7 Å². The van der Waals surface area contributed by atoms with Gasteiger partial charge in [0.2, 0.25) is 0 Å². The fourth-order valence-electron chi connectivity index (χ4n) is 4.10. The van der Waals surface area contributed by atoms with E-state index < -0.39 is 0 Å². The number of ether oxygens (including phenoxy) is 1. The zero-order valence-corrected chi connectivity index (χ0v) is 14.0. The zero-order chi connectivity index (χ0) is 15.4. The maximum absolute atomic E-state index is 6.32. The second kappa shape index (κ2) is 7.43. The Balaban J connectivity index is 2.11. The van der Waals surface area contributed by atoms with Gasteiger partial charge in [-0.3, -0.25) is 0 Å². The first-order valence-corrected chi connectivity index (χ1v) is 8.97. The molecule has 0 saturated carbocycles. The molecule has 2 atom stereocenters. The van der Waals surface area contributed by atoms with Crippen LogP contribution in [0.5, 0.6) is 0 Å². The number of fused-ring (bicyclic) bond motifs is 1. The summed E-state index contributed by atoms with van der Waals surface area (Å²) in [4.78, 5) is 0. The first-order chi connectivity index (χ1) is 10.8. The molecule has 3 rings (SSSR count). The van der Waals surface area contributed by atoms with Gasteiger partial charge in [0.25, 0.3) is 0 Å². The van der Waals surface area contributed by atoms with Crippen LogP contribution < -0.4 is 5.32 Å². The lowest BCUT2D eigenvalue weighted by Gasteiger charge is -2.30. The molecule has 0 aliphatic carbocycles. The third-order valence-electron chi connectivity index (χ3n) is 5.17. The molecule has 2 aliphatic heterocycles. The third kappa shape index (κ3) is 3.13. The van der Waals surface area contributed by atoms with Gasteiger partial charge in [0.05, 0.1) is 12.7 Å². The van der Waals surface area contributed by atoms with Crippen molar-refractivity contribution < 1.29 is 4.74 Å². The zero-order valence-electron chi connectivity index (χ0n) is 14.0. The van der Waals surface area contributed by atoms with Gasteiger partial charge >= 0.3 is 0 Å². The highest BCUT2D eigenvalue weighted by Gasteiger charge is 2.31. The molecule has 0 spiro atoms. The lowest BCUT2D eigenvalue weighted by Crippen LogP contribution is -2.27. The Morgan fingerprint density at radius 1 is 1.14 bits per heavy atom. The van der Waals surface area contributed by atoms with Crippen LogP contribution in [0, 0.1) is 5.92 Å². The molecule has 0 radical (unpaired) electrons. The molecule has 1 aromatic rings. The minimum absolute atomic E-state index is 0.365. The molecule has 0 amide bonds. The van der Waals surface area contributed by atoms with Crippen LogP contribution in [0.15, 0.2) is 29.8 Å². The number of nitrogens with one attached hydrogen (secondary N) is 1. The van der Waals surface area contributed by atoms with Gasteiger partial charge in [-0.25, -0.2) is 0 Å². The molecular weight excluding hydrogens is 270 g/mol. The highest BCUT2D eigenvalue weighted by atomic mass is 16.5. The van der Waals surface area contributed by atoms with Crippen molar-refractivity contribution in [1.82, 2.24) is 5.32 Å². The van der Waals surface area contributed by atoms with Gasteiger partial charge in [0.1, 0.15) is 0 Å². The lowest BCUT2D eigenvalue weighted by atomic mass is 9.79. The molecule has 2 heterocycles. The van der Waals surface area contributed by atoms with Gasteiger partial charge in [-0.05, 0) is 55.5 Å². The van der Waals surface area contributed by atoms with Gasteiger partial charge in [-0.15, -0.1) is 0 Å². The Hall–Kier alpha value is -1.12. The summed E-state index contributed by atoms with van der Waals surface area (Å²) < 4.78 is 6.32. The van der Waals surface area contributed by atoms with E-state index in [0.717, 1.165) is 26.1 Å². The van der Waals surface area contributed by atoms with Crippen molar-refractivity contribution in [2.75, 3.05) is 13.1 Å². The van der Waals surface area contributed by atoms with Gasteiger partial charge in [-0.2, -0.15) is 0 Å². The van der Waals surface area contributed by atoms with Gasteiger partial charge < -0.3 is 10.1 Å². The summed E-state index contributed by atoms with van der Waals surface area (Å²) in [6.45, 7) is 7.58. The topological polar surface area (TPSA) is 21.3 Å². The number of benzene rings is 1. The van der Waals surface area contributed by atoms with E-state index in [0.29, 0.717) is 12.0 Å². The quantitative estimate of drug-likeness (QED) is 0.884.